The van der Waals surface area contributed by atoms with Crippen LogP contribution in [-0.4, -0.2) is 16.5 Å². The summed E-state index contributed by atoms with van der Waals surface area (Å²) in [4.78, 5) is 7.18. The van der Waals surface area contributed by atoms with E-state index in [1.54, 1.807) is 18.2 Å². The van der Waals surface area contributed by atoms with Crippen molar-refractivity contribution in [3.63, 3.8) is 0 Å². The van der Waals surface area contributed by atoms with Crippen molar-refractivity contribution < 1.29 is 13.2 Å². The molecule has 1 heterocycles. The Kier molecular flexibility index (Phi) is 3.59. The molecule has 1 N–H and O–H groups in total. The fraction of sp³-hybridized carbons (Fsp3) is 0.385. The van der Waals surface area contributed by atoms with Gasteiger partial charge in [-0.15, -0.1) is 0 Å². The number of aryl methyl sites for hydroxylation is 1. The van der Waals surface area contributed by atoms with E-state index in [1.165, 1.54) is 0 Å². The Morgan fingerprint density at radius 1 is 1.21 bits per heavy atom. The zero-order valence-corrected chi connectivity index (χ0v) is 10.7. The highest BCUT2D eigenvalue weighted by molar-refractivity contribution is 5.89. The van der Waals surface area contributed by atoms with Gasteiger partial charge in [0.25, 0.3) is 0 Å². The molecule has 0 bridgehead atoms. The summed E-state index contributed by atoms with van der Waals surface area (Å²) in [5, 5.41) is 3.54. The average Bonchev–Trinajstić information content (AvgIpc) is 2.34. The topological polar surface area (TPSA) is 37.8 Å². The van der Waals surface area contributed by atoms with E-state index < -0.39 is 12.0 Å². The Labute approximate surface area is 108 Å². The summed E-state index contributed by atoms with van der Waals surface area (Å²) in [6, 6.07) is 5.10. The van der Waals surface area contributed by atoms with Crippen molar-refractivity contribution in [2.75, 3.05) is 11.9 Å². The molecule has 0 fully saturated rings. The third kappa shape index (κ3) is 2.94. The molecule has 2 aromatic rings. The highest BCUT2D eigenvalue weighted by atomic mass is 19.4. The second-order valence-electron chi connectivity index (χ2n) is 4.34. The third-order valence-electron chi connectivity index (χ3n) is 2.65. The van der Waals surface area contributed by atoms with E-state index in [0.717, 1.165) is 12.0 Å². The number of benzene rings is 1. The zero-order chi connectivity index (χ0) is 14.0. The summed E-state index contributed by atoms with van der Waals surface area (Å²) in [6.07, 6.45) is -3.74. The molecule has 19 heavy (non-hydrogen) atoms. The lowest BCUT2D eigenvalue weighted by Crippen LogP contribution is -2.14. The first-order chi connectivity index (χ1) is 8.91. The van der Waals surface area contributed by atoms with Gasteiger partial charge in [-0.2, -0.15) is 13.2 Å². The van der Waals surface area contributed by atoms with E-state index >= 15 is 0 Å². The van der Waals surface area contributed by atoms with Gasteiger partial charge in [0, 0.05) is 11.9 Å². The van der Waals surface area contributed by atoms with Gasteiger partial charge in [-0.3, -0.25) is 0 Å². The lowest BCUT2D eigenvalue weighted by Gasteiger charge is -2.12. The number of alkyl halides is 3. The standard InChI is InChI=1S/C13H14F3N3/c1-3-6-17-11-9-7-8(2)4-5-10(9)18-12(19-11)13(14,15)16/h4-5,7H,3,6H2,1-2H3,(H,17,18,19). The molecule has 1 aromatic heterocycles. The molecule has 0 saturated carbocycles. The number of nitrogens with one attached hydrogen (secondary N) is 1. The number of hydrogen-bond acceptors (Lipinski definition) is 3. The smallest absolute Gasteiger partial charge is 0.369 e. The molecule has 0 saturated heterocycles. The van der Waals surface area contributed by atoms with Crippen LogP contribution in [0.25, 0.3) is 10.9 Å². The summed E-state index contributed by atoms with van der Waals surface area (Å²) in [5.74, 6) is -0.870. The van der Waals surface area contributed by atoms with Gasteiger partial charge in [0.05, 0.1) is 5.52 Å². The molecule has 0 radical (unpaired) electrons. The molecular formula is C13H14F3N3. The summed E-state index contributed by atoms with van der Waals surface area (Å²) in [7, 11) is 0. The first kappa shape index (κ1) is 13.6. The molecule has 0 atom stereocenters. The van der Waals surface area contributed by atoms with Gasteiger partial charge in [0.2, 0.25) is 5.82 Å². The molecule has 0 spiro atoms. The maximum absolute atomic E-state index is 12.7. The molecule has 0 aliphatic heterocycles. The maximum Gasteiger partial charge on any atom is 0.451 e. The third-order valence-corrected chi connectivity index (χ3v) is 2.65. The predicted octanol–water partition coefficient (Wildman–Crippen LogP) is 3.78. The van der Waals surface area contributed by atoms with Gasteiger partial charge < -0.3 is 5.32 Å². The molecule has 0 aliphatic carbocycles. The normalized spacial score (nSPS) is 11.8. The molecule has 3 nitrogen and oxygen atoms in total. The van der Waals surface area contributed by atoms with Crippen LogP contribution in [0, 0.1) is 6.92 Å². The Hall–Kier alpha value is -1.85. The second kappa shape index (κ2) is 5.03. The lowest BCUT2D eigenvalue weighted by molar-refractivity contribution is -0.144. The predicted molar refractivity (Wildman–Crippen MR) is 68.1 cm³/mol. The van der Waals surface area contributed by atoms with E-state index in [2.05, 4.69) is 15.3 Å². The SMILES string of the molecule is CCCNc1nc(C(F)(F)F)nc2ccc(C)cc12. The molecule has 1 aromatic carbocycles. The highest BCUT2D eigenvalue weighted by Crippen LogP contribution is 2.30. The van der Waals surface area contributed by atoms with E-state index in [1.807, 2.05) is 13.8 Å². The minimum Gasteiger partial charge on any atom is -0.369 e. The minimum absolute atomic E-state index is 0.239. The molecule has 0 amide bonds. The van der Waals surface area contributed by atoms with E-state index in [9.17, 15) is 13.2 Å². The number of nitrogens with zero attached hydrogens (tertiary/aromatic N) is 2. The van der Waals surface area contributed by atoms with Crippen molar-refractivity contribution in [2.45, 2.75) is 26.4 Å². The van der Waals surface area contributed by atoms with Crippen molar-refractivity contribution >= 4 is 16.7 Å². The molecule has 0 aliphatic rings. The molecule has 0 unspecified atom stereocenters. The number of anilines is 1. The van der Waals surface area contributed by atoms with Crippen LogP contribution < -0.4 is 5.32 Å². The zero-order valence-electron chi connectivity index (χ0n) is 10.7. The fourth-order valence-electron chi connectivity index (χ4n) is 1.75. The van der Waals surface area contributed by atoms with Crippen LogP contribution in [0.15, 0.2) is 18.2 Å². The second-order valence-corrected chi connectivity index (χ2v) is 4.34. The van der Waals surface area contributed by atoms with Gasteiger partial charge in [0.1, 0.15) is 5.82 Å². The van der Waals surface area contributed by atoms with Crippen LogP contribution >= 0.6 is 0 Å². The van der Waals surface area contributed by atoms with E-state index in [0.29, 0.717) is 17.4 Å². The van der Waals surface area contributed by atoms with E-state index in [-0.39, 0.29) is 5.82 Å². The lowest BCUT2D eigenvalue weighted by atomic mass is 10.1. The van der Waals surface area contributed by atoms with Gasteiger partial charge in [0.15, 0.2) is 0 Å². The van der Waals surface area contributed by atoms with Gasteiger partial charge in [-0.1, -0.05) is 18.6 Å². The number of rotatable bonds is 3. The van der Waals surface area contributed by atoms with Crippen molar-refractivity contribution in [3.05, 3.63) is 29.6 Å². The van der Waals surface area contributed by atoms with Crippen LogP contribution in [0.2, 0.25) is 0 Å². The van der Waals surface area contributed by atoms with Crippen LogP contribution in [0.3, 0.4) is 0 Å². The van der Waals surface area contributed by atoms with Crippen molar-refractivity contribution in [1.82, 2.24) is 9.97 Å². The molecule has 6 heteroatoms. The van der Waals surface area contributed by atoms with E-state index in [4.69, 9.17) is 0 Å². The monoisotopic (exact) mass is 269 g/mol. The van der Waals surface area contributed by atoms with Crippen LogP contribution in [0.1, 0.15) is 24.7 Å². The Balaban J connectivity index is 2.62. The van der Waals surface area contributed by atoms with Gasteiger partial charge in [-0.25, -0.2) is 9.97 Å². The number of aromatic nitrogens is 2. The maximum atomic E-state index is 12.7. The summed E-state index contributed by atoms with van der Waals surface area (Å²) in [5.41, 5.74) is 1.25. The average molecular weight is 269 g/mol. The van der Waals surface area contributed by atoms with Crippen molar-refractivity contribution in [2.24, 2.45) is 0 Å². The summed E-state index contributed by atoms with van der Waals surface area (Å²) in [6.45, 7) is 4.38. The first-order valence-electron chi connectivity index (χ1n) is 6.01. The Morgan fingerprint density at radius 3 is 2.58 bits per heavy atom. The van der Waals surface area contributed by atoms with Crippen LogP contribution in [-0.2, 0) is 6.18 Å². The molecule has 102 valence electrons. The first-order valence-corrected chi connectivity index (χ1v) is 6.01. The summed E-state index contributed by atoms with van der Waals surface area (Å²) < 4.78 is 38.2. The minimum atomic E-state index is -4.54. The molecule has 2 rings (SSSR count). The van der Waals surface area contributed by atoms with Gasteiger partial charge >= 0.3 is 6.18 Å². The van der Waals surface area contributed by atoms with Crippen molar-refractivity contribution in [3.8, 4) is 0 Å². The van der Waals surface area contributed by atoms with Crippen LogP contribution in [0.5, 0.6) is 0 Å². The van der Waals surface area contributed by atoms with Crippen LogP contribution in [0.4, 0.5) is 19.0 Å². The number of fused-ring (bicyclic) bond motifs is 1. The highest BCUT2D eigenvalue weighted by Gasteiger charge is 2.35. The quantitative estimate of drug-likeness (QED) is 0.921. The molecular weight excluding hydrogens is 255 g/mol. The van der Waals surface area contributed by atoms with Gasteiger partial charge in [-0.05, 0) is 25.5 Å². The fourth-order valence-corrected chi connectivity index (χ4v) is 1.75. The largest absolute Gasteiger partial charge is 0.451 e. The number of hydrogen-bond donors (Lipinski definition) is 1. The number of halogens is 3. The summed E-state index contributed by atoms with van der Waals surface area (Å²) >= 11 is 0. The Morgan fingerprint density at radius 2 is 1.95 bits per heavy atom. The Bertz CT molecular complexity index is 593. The van der Waals surface area contributed by atoms with Crippen molar-refractivity contribution in [1.29, 1.82) is 0 Å².